The maximum Gasteiger partial charge on any atom is 0.191 e. The number of furan rings is 1. The van der Waals surface area contributed by atoms with Crippen molar-refractivity contribution in [2.45, 2.75) is 44.2 Å². The normalized spacial score (nSPS) is 19.1. The predicted octanol–water partition coefficient (Wildman–Crippen LogP) is 2.70. The number of likely N-dealkylation sites (tertiary alicyclic amines) is 1. The number of hydrogen-bond acceptors (Lipinski definition) is 5. The molecular weight excluding hydrogens is 481 g/mol. The van der Waals surface area contributed by atoms with Gasteiger partial charge in [-0.05, 0) is 50.9 Å². The molecule has 0 amide bonds. The summed E-state index contributed by atoms with van der Waals surface area (Å²) in [5, 5.41) is 6.98. The summed E-state index contributed by atoms with van der Waals surface area (Å²) in [5.41, 5.74) is 0. The summed E-state index contributed by atoms with van der Waals surface area (Å²) < 4.78 is 11.0. The fraction of sp³-hybridized carbons (Fsp3) is 0.762. The van der Waals surface area contributed by atoms with E-state index in [9.17, 15) is 0 Å². The molecule has 0 bridgehead atoms. The quantitative estimate of drug-likeness (QED) is 0.266. The Hall–Kier alpha value is -0.840. The lowest BCUT2D eigenvalue weighted by atomic mass is 10.1. The number of halogens is 1. The highest BCUT2D eigenvalue weighted by atomic mass is 127. The van der Waals surface area contributed by atoms with Crippen molar-refractivity contribution >= 4 is 29.9 Å². The van der Waals surface area contributed by atoms with Crippen molar-refractivity contribution in [1.29, 1.82) is 0 Å². The van der Waals surface area contributed by atoms with Crippen LogP contribution in [0.4, 0.5) is 0 Å². The topological polar surface area (TPSA) is 65.3 Å². The minimum Gasteiger partial charge on any atom is -0.468 e. The summed E-state index contributed by atoms with van der Waals surface area (Å²) in [6, 6.07) is 5.06. The molecule has 8 heteroatoms. The van der Waals surface area contributed by atoms with E-state index < -0.39 is 0 Å². The Balaban J connectivity index is 0.00000300. The number of hydrogen-bond donors (Lipinski definition) is 2. The average Bonchev–Trinajstić information content (AvgIpc) is 3.44. The van der Waals surface area contributed by atoms with Gasteiger partial charge >= 0.3 is 0 Å². The molecule has 1 aliphatic heterocycles. The van der Waals surface area contributed by atoms with Gasteiger partial charge in [0.1, 0.15) is 5.76 Å². The van der Waals surface area contributed by atoms with Gasteiger partial charge in [0.25, 0.3) is 0 Å². The molecule has 1 saturated heterocycles. The number of methoxy groups -OCH3 is 1. The Morgan fingerprint density at radius 3 is 2.69 bits per heavy atom. The largest absolute Gasteiger partial charge is 0.468 e. The molecule has 166 valence electrons. The standard InChI is InChI=1S/C21H37N5O2.HI/c1-22-21(23-10-13-25(14-16-27-2)18-8-9-18)24-17-19(20-7-6-15-28-20)26-11-4-3-5-12-26;/h6-7,15,18-19H,3-5,8-14,16-17H2,1-2H3,(H2,22,23,24);1H. The molecule has 2 heterocycles. The SMILES string of the molecule is CN=C(NCCN(CCOC)C1CC1)NCC(c1ccco1)N1CCCCC1.I. The van der Waals surface area contributed by atoms with E-state index >= 15 is 0 Å². The van der Waals surface area contributed by atoms with Crippen LogP contribution in [0, 0.1) is 0 Å². The zero-order chi connectivity index (χ0) is 19.6. The number of nitrogens with zero attached hydrogens (tertiary/aromatic N) is 3. The zero-order valence-corrected chi connectivity index (χ0v) is 20.3. The van der Waals surface area contributed by atoms with Crippen LogP contribution in [0.25, 0.3) is 0 Å². The highest BCUT2D eigenvalue weighted by Crippen LogP contribution is 2.26. The Labute approximate surface area is 192 Å². The summed E-state index contributed by atoms with van der Waals surface area (Å²) >= 11 is 0. The molecule has 3 rings (SSSR count). The van der Waals surface area contributed by atoms with Gasteiger partial charge in [0.15, 0.2) is 5.96 Å². The van der Waals surface area contributed by atoms with Crippen LogP contribution < -0.4 is 10.6 Å². The number of guanidine groups is 1. The van der Waals surface area contributed by atoms with E-state index in [2.05, 4.69) is 31.5 Å². The Morgan fingerprint density at radius 1 is 1.28 bits per heavy atom. The molecule has 1 unspecified atom stereocenters. The van der Waals surface area contributed by atoms with Gasteiger partial charge in [0.2, 0.25) is 0 Å². The molecule has 2 aliphatic rings. The van der Waals surface area contributed by atoms with Gasteiger partial charge in [-0.1, -0.05) is 6.42 Å². The average molecular weight is 519 g/mol. The minimum atomic E-state index is 0. The number of ether oxygens (including phenoxy) is 1. The second-order valence-electron chi connectivity index (χ2n) is 7.77. The molecule has 1 aromatic rings. The van der Waals surface area contributed by atoms with Crippen molar-refractivity contribution < 1.29 is 9.15 Å². The third kappa shape index (κ3) is 8.07. The highest BCUT2D eigenvalue weighted by molar-refractivity contribution is 14.0. The molecule has 0 spiro atoms. The van der Waals surface area contributed by atoms with E-state index in [1.807, 2.05) is 13.1 Å². The minimum absolute atomic E-state index is 0. The van der Waals surface area contributed by atoms with E-state index in [4.69, 9.17) is 9.15 Å². The smallest absolute Gasteiger partial charge is 0.191 e. The van der Waals surface area contributed by atoms with E-state index in [0.29, 0.717) is 0 Å². The third-order valence-corrected chi connectivity index (χ3v) is 5.73. The second-order valence-corrected chi connectivity index (χ2v) is 7.77. The lowest BCUT2D eigenvalue weighted by molar-refractivity contribution is 0.144. The van der Waals surface area contributed by atoms with Gasteiger partial charge in [-0.3, -0.25) is 14.8 Å². The molecule has 7 nitrogen and oxygen atoms in total. The first-order valence-corrected chi connectivity index (χ1v) is 10.8. The fourth-order valence-electron chi connectivity index (χ4n) is 3.98. The Bertz CT molecular complexity index is 574. The van der Waals surface area contributed by atoms with Crippen LogP contribution in [0.3, 0.4) is 0 Å². The molecule has 2 fully saturated rings. The molecule has 1 aliphatic carbocycles. The van der Waals surface area contributed by atoms with Crippen LogP contribution >= 0.6 is 24.0 Å². The zero-order valence-electron chi connectivity index (χ0n) is 17.9. The van der Waals surface area contributed by atoms with Crippen LogP contribution in [0.5, 0.6) is 0 Å². The summed E-state index contributed by atoms with van der Waals surface area (Å²) in [4.78, 5) is 9.46. The van der Waals surface area contributed by atoms with Crippen LogP contribution in [0.15, 0.2) is 27.8 Å². The third-order valence-electron chi connectivity index (χ3n) is 5.73. The highest BCUT2D eigenvalue weighted by Gasteiger charge is 2.28. The molecule has 1 atom stereocenters. The molecule has 2 N–H and O–H groups in total. The predicted molar refractivity (Wildman–Crippen MR) is 128 cm³/mol. The van der Waals surface area contributed by atoms with Gasteiger partial charge in [0.05, 0.1) is 18.9 Å². The lowest BCUT2D eigenvalue weighted by Crippen LogP contribution is -2.46. The summed E-state index contributed by atoms with van der Waals surface area (Å²) in [6.07, 6.45) is 8.27. The monoisotopic (exact) mass is 519 g/mol. The molecular formula is C21H38IN5O2. The molecule has 0 radical (unpaired) electrons. The van der Waals surface area contributed by atoms with Gasteiger partial charge in [-0.15, -0.1) is 24.0 Å². The van der Waals surface area contributed by atoms with E-state index in [-0.39, 0.29) is 30.0 Å². The van der Waals surface area contributed by atoms with Gasteiger partial charge in [0, 0.05) is 46.4 Å². The lowest BCUT2D eigenvalue weighted by Gasteiger charge is -2.33. The van der Waals surface area contributed by atoms with E-state index in [1.165, 1.54) is 32.1 Å². The Kier molecular flexibility index (Phi) is 11.3. The molecule has 1 aromatic heterocycles. The van der Waals surface area contributed by atoms with Crippen molar-refractivity contribution in [1.82, 2.24) is 20.4 Å². The van der Waals surface area contributed by atoms with Crippen LogP contribution in [0.1, 0.15) is 43.9 Å². The fourth-order valence-corrected chi connectivity index (χ4v) is 3.98. The van der Waals surface area contributed by atoms with Crippen LogP contribution in [0.2, 0.25) is 0 Å². The summed E-state index contributed by atoms with van der Waals surface area (Å²) in [5.74, 6) is 1.89. The summed E-state index contributed by atoms with van der Waals surface area (Å²) in [6.45, 7) is 6.76. The van der Waals surface area contributed by atoms with Crippen molar-refractivity contribution in [3.05, 3.63) is 24.2 Å². The first-order chi connectivity index (χ1) is 13.8. The van der Waals surface area contributed by atoms with Gasteiger partial charge in [-0.25, -0.2) is 0 Å². The van der Waals surface area contributed by atoms with Crippen LogP contribution in [-0.4, -0.2) is 81.8 Å². The number of rotatable bonds is 11. The molecule has 1 saturated carbocycles. The maximum atomic E-state index is 5.74. The van der Waals surface area contributed by atoms with Gasteiger partial charge in [-0.2, -0.15) is 0 Å². The first-order valence-electron chi connectivity index (χ1n) is 10.8. The number of aliphatic imine (C=N–C) groups is 1. The van der Waals surface area contributed by atoms with Crippen LogP contribution in [-0.2, 0) is 4.74 Å². The van der Waals surface area contributed by atoms with Crippen molar-refractivity contribution in [3.8, 4) is 0 Å². The van der Waals surface area contributed by atoms with E-state index in [0.717, 1.165) is 63.6 Å². The van der Waals surface area contributed by atoms with Crippen molar-refractivity contribution in [3.63, 3.8) is 0 Å². The number of nitrogens with one attached hydrogen (secondary N) is 2. The van der Waals surface area contributed by atoms with Crippen molar-refractivity contribution in [2.24, 2.45) is 4.99 Å². The van der Waals surface area contributed by atoms with Crippen molar-refractivity contribution in [2.75, 3.05) is 60.0 Å². The number of piperidine rings is 1. The molecule has 29 heavy (non-hydrogen) atoms. The van der Waals surface area contributed by atoms with E-state index in [1.54, 1.807) is 13.4 Å². The summed E-state index contributed by atoms with van der Waals surface area (Å²) in [7, 11) is 3.61. The van der Waals surface area contributed by atoms with Gasteiger partial charge < -0.3 is 19.8 Å². The Morgan fingerprint density at radius 2 is 2.07 bits per heavy atom. The maximum absolute atomic E-state index is 5.74. The molecule has 0 aromatic carbocycles. The second kappa shape index (κ2) is 13.5. The first kappa shape index (κ1) is 24.4.